The lowest BCUT2D eigenvalue weighted by Crippen LogP contribution is -2.35. The Bertz CT molecular complexity index is 521. The number of fused-ring (bicyclic) bond motifs is 1. The van der Waals surface area contributed by atoms with Gasteiger partial charge in [-0.05, 0) is 36.7 Å². The van der Waals surface area contributed by atoms with Crippen LogP contribution in [-0.4, -0.2) is 60.4 Å². The lowest BCUT2D eigenvalue weighted by atomic mass is 10.1. The fourth-order valence-corrected chi connectivity index (χ4v) is 3.52. The molecule has 0 aliphatic carbocycles. The zero-order chi connectivity index (χ0) is 14.7. The van der Waals surface area contributed by atoms with Crippen LogP contribution >= 0.6 is 15.9 Å². The largest absolute Gasteiger partial charge is 0.493 e. The molecule has 0 spiro atoms. The first-order chi connectivity index (χ1) is 10.3. The fraction of sp³-hybridized carbons (Fsp3) is 0.562. The molecule has 0 N–H and O–H groups in total. The standard InChI is InChI=1S/C16H21BrN2O2/c17-5-8-18-6-1-7-19(10-9-18)16(20)14-2-3-15-13(12-14)4-11-21-15/h2-3,12H,1,4-11H2. The Kier molecular flexibility index (Phi) is 4.80. The molecule has 21 heavy (non-hydrogen) atoms. The number of alkyl halides is 1. The molecule has 0 unspecified atom stereocenters. The predicted octanol–water partition coefficient (Wildman–Crippen LogP) is 2.16. The van der Waals surface area contributed by atoms with Gasteiger partial charge in [0.05, 0.1) is 6.61 Å². The SMILES string of the molecule is O=C(c1ccc2c(c1)CCO2)N1CCCN(CCBr)CC1. The van der Waals surface area contributed by atoms with Gasteiger partial charge in [0.15, 0.2) is 0 Å². The molecule has 0 saturated carbocycles. The zero-order valence-electron chi connectivity index (χ0n) is 12.2. The smallest absolute Gasteiger partial charge is 0.253 e. The summed E-state index contributed by atoms with van der Waals surface area (Å²) < 4.78 is 5.50. The number of rotatable bonds is 3. The summed E-state index contributed by atoms with van der Waals surface area (Å²) in [6, 6.07) is 5.84. The van der Waals surface area contributed by atoms with Gasteiger partial charge in [0.1, 0.15) is 5.75 Å². The van der Waals surface area contributed by atoms with Crippen molar-refractivity contribution in [3.05, 3.63) is 29.3 Å². The van der Waals surface area contributed by atoms with E-state index in [9.17, 15) is 4.79 Å². The quantitative estimate of drug-likeness (QED) is 0.781. The normalized spacial score (nSPS) is 19.0. The van der Waals surface area contributed by atoms with E-state index in [-0.39, 0.29) is 5.91 Å². The summed E-state index contributed by atoms with van der Waals surface area (Å²) in [4.78, 5) is 17.1. The number of benzene rings is 1. The Morgan fingerprint density at radius 3 is 3.00 bits per heavy atom. The van der Waals surface area contributed by atoms with Gasteiger partial charge in [0.25, 0.3) is 5.91 Å². The first-order valence-electron chi connectivity index (χ1n) is 7.61. The second kappa shape index (κ2) is 6.79. The zero-order valence-corrected chi connectivity index (χ0v) is 13.8. The molecule has 2 aliphatic rings. The summed E-state index contributed by atoms with van der Waals surface area (Å²) in [5.41, 5.74) is 1.96. The third-order valence-electron chi connectivity index (χ3n) is 4.21. The maximum Gasteiger partial charge on any atom is 0.253 e. The van der Waals surface area contributed by atoms with Gasteiger partial charge in [-0.3, -0.25) is 4.79 Å². The van der Waals surface area contributed by atoms with E-state index in [2.05, 4.69) is 20.8 Å². The lowest BCUT2D eigenvalue weighted by Gasteiger charge is -2.21. The van der Waals surface area contributed by atoms with Crippen LogP contribution in [0.25, 0.3) is 0 Å². The molecule has 1 aromatic rings. The van der Waals surface area contributed by atoms with Gasteiger partial charge in [-0.2, -0.15) is 0 Å². The number of ether oxygens (including phenoxy) is 1. The van der Waals surface area contributed by atoms with E-state index in [4.69, 9.17) is 4.74 Å². The molecule has 2 heterocycles. The van der Waals surface area contributed by atoms with Crippen molar-refractivity contribution in [1.82, 2.24) is 9.80 Å². The second-order valence-electron chi connectivity index (χ2n) is 5.60. The molecule has 4 nitrogen and oxygen atoms in total. The number of carbonyl (C=O) groups excluding carboxylic acids is 1. The average Bonchev–Trinajstić information content (AvgIpc) is 2.85. The van der Waals surface area contributed by atoms with Crippen LogP contribution in [0.15, 0.2) is 18.2 Å². The van der Waals surface area contributed by atoms with E-state index in [1.165, 1.54) is 0 Å². The van der Waals surface area contributed by atoms with Crippen molar-refractivity contribution in [1.29, 1.82) is 0 Å². The molecule has 1 saturated heterocycles. The Hall–Kier alpha value is -1.07. The molecule has 114 valence electrons. The second-order valence-corrected chi connectivity index (χ2v) is 6.39. The fourth-order valence-electron chi connectivity index (χ4n) is 3.02. The van der Waals surface area contributed by atoms with Crippen molar-refractivity contribution in [2.45, 2.75) is 12.8 Å². The number of hydrogen-bond donors (Lipinski definition) is 0. The lowest BCUT2D eigenvalue weighted by molar-refractivity contribution is 0.0762. The molecule has 0 radical (unpaired) electrons. The van der Waals surface area contributed by atoms with E-state index in [0.29, 0.717) is 0 Å². The molecule has 2 aliphatic heterocycles. The van der Waals surface area contributed by atoms with Crippen LogP contribution in [0.4, 0.5) is 0 Å². The summed E-state index contributed by atoms with van der Waals surface area (Å²) >= 11 is 3.49. The molecular formula is C16H21BrN2O2. The van der Waals surface area contributed by atoms with Crippen LogP contribution in [0.5, 0.6) is 5.75 Å². The van der Waals surface area contributed by atoms with Crippen LogP contribution < -0.4 is 4.74 Å². The van der Waals surface area contributed by atoms with Crippen LogP contribution in [0.1, 0.15) is 22.3 Å². The van der Waals surface area contributed by atoms with Crippen molar-refractivity contribution < 1.29 is 9.53 Å². The monoisotopic (exact) mass is 352 g/mol. The molecule has 1 fully saturated rings. The number of nitrogens with zero attached hydrogens (tertiary/aromatic N) is 2. The minimum Gasteiger partial charge on any atom is -0.493 e. The summed E-state index contributed by atoms with van der Waals surface area (Å²) in [5.74, 6) is 1.09. The van der Waals surface area contributed by atoms with Gasteiger partial charge in [0, 0.05) is 43.5 Å². The summed E-state index contributed by atoms with van der Waals surface area (Å²) in [6.45, 7) is 5.50. The summed E-state index contributed by atoms with van der Waals surface area (Å²) in [7, 11) is 0. The topological polar surface area (TPSA) is 32.8 Å². The summed E-state index contributed by atoms with van der Waals surface area (Å²) in [6.07, 6.45) is 1.96. The van der Waals surface area contributed by atoms with Crippen LogP contribution in [-0.2, 0) is 6.42 Å². The Labute approximate surface area is 134 Å². The van der Waals surface area contributed by atoms with Crippen molar-refractivity contribution in [2.24, 2.45) is 0 Å². The highest BCUT2D eigenvalue weighted by Gasteiger charge is 2.21. The third kappa shape index (κ3) is 3.40. The maximum absolute atomic E-state index is 12.7. The molecule has 0 atom stereocenters. The number of carbonyl (C=O) groups is 1. The molecule has 5 heteroatoms. The van der Waals surface area contributed by atoms with Crippen LogP contribution in [0.3, 0.4) is 0 Å². The van der Waals surface area contributed by atoms with Crippen LogP contribution in [0.2, 0.25) is 0 Å². The third-order valence-corrected chi connectivity index (χ3v) is 4.57. The average molecular weight is 353 g/mol. The Balaban J connectivity index is 1.67. The van der Waals surface area contributed by atoms with Crippen molar-refractivity contribution in [3.63, 3.8) is 0 Å². The van der Waals surface area contributed by atoms with E-state index in [0.717, 1.165) is 74.4 Å². The summed E-state index contributed by atoms with van der Waals surface area (Å²) in [5, 5.41) is 0.992. The van der Waals surface area contributed by atoms with Gasteiger partial charge in [-0.25, -0.2) is 0 Å². The minimum atomic E-state index is 0.158. The van der Waals surface area contributed by atoms with Crippen LogP contribution in [0, 0.1) is 0 Å². The first-order valence-corrected chi connectivity index (χ1v) is 8.73. The molecule has 1 aromatic carbocycles. The van der Waals surface area contributed by atoms with E-state index < -0.39 is 0 Å². The maximum atomic E-state index is 12.7. The highest BCUT2D eigenvalue weighted by Crippen LogP contribution is 2.26. The van der Waals surface area contributed by atoms with E-state index in [1.54, 1.807) is 0 Å². The van der Waals surface area contributed by atoms with Crippen molar-refractivity contribution >= 4 is 21.8 Å². The minimum absolute atomic E-state index is 0.158. The van der Waals surface area contributed by atoms with Gasteiger partial charge in [-0.1, -0.05) is 15.9 Å². The van der Waals surface area contributed by atoms with E-state index >= 15 is 0 Å². The predicted molar refractivity (Wildman–Crippen MR) is 86.4 cm³/mol. The Morgan fingerprint density at radius 2 is 2.14 bits per heavy atom. The van der Waals surface area contributed by atoms with Gasteiger partial charge in [0.2, 0.25) is 0 Å². The van der Waals surface area contributed by atoms with Gasteiger partial charge in [-0.15, -0.1) is 0 Å². The van der Waals surface area contributed by atoms with Crippen molar-refractivity contribution in [2.75, 3.05) is 44.7 Å². The molecule has 0 bridgehead atoms. The molecule has 3 rings (SSSR count). The highest BCUT2D eigenvalue weighted by molar-refractivity contribution is 9.09. The Morgan fingerprint density at radius 1 is 1.24 bits per heavy atom. The first kappa shape index (κ1) is 14.9. The van der Waals surface area contributed by atoms with Gasteiger partial charge < -0.3 is 14.5 Å². The number of amides is 1. The molecule has 0 aromatic heterocycles. The molecular weight excluding hydrogens is 332 g/mol. The van der Waals surface area contributed by atoms with Crippen molar-refractivity contribution in [3.8, 4) is 5.75 Å². The highest BCUT2D eigenvalue weighted by atomic mass is 79.9. The van der Waals surface area contributed by atoms with E-state index in [1.807, 2.05) is 23.1 Å². The number of hydrogen-bond acceptors (Lipinski definition) is 3. The number of halogens is 1. The molecule has 1 amide bonds. The van der Waals surface area contributed by atoms with Gasteiger partial charge >= 0.3 is 0 Å².